The van der Waals surface area contributed by atoms with Crippen LogP contribution in [-0.2, 0) is 30.5 Å². The third-order valence-corrected chi connectivity index (χ3v) is 7.31. The minimum atomic E-state index is -1.62. The number of rotatable bonds is 8. The van der Waals surface area contributed by atoms with Gasteiger partial charge >= 0.3 is 11.9 Å². The lowest BCUT2D eigenvalue weighted by atomic mass is 9.96. The zero-order chi connectivity index (χ0) is 25.5. The van der Waals surface area contributed by atoms with Crippen LogP contribution in [0.1, 0.15) is 6.92 Å². The number of nitrogens with zero attached hydrogens (tertiary/aromatic N) is 2. The summed E-state index contributed by atoms with van der Waals surface area (Å²) in [6, 6.07) is 6.08. The molecule has 2 aliphatic heterocycles. The molecule has 1 fully saturated rings. The number of esters is 1. The van der Waals surface area contributed by atoms with Gasteiger partial charge in [0.15, 0.2) is 0 Å². The van der Waals surface area contributed by atoms with Gasteiger partial charge in [0.05, 0.1) is 12.1 Å². The van der Waals surface area contributed by atoms with Crippen LogP contribution in [0.25, 0.3) is 10.9 Å². The highest BCUT2D eigenvalue weighted by atomic mass is 32.2. The minimum Gasteiger partial charge on any atom is -0.506 e. The number of aromatic hydroxyl groups is 1. The lowest BCUT2D eigenvalue weighted by Crippen LogP contribution is -2.73. The number of nitrogens with one attached hydrogen (secondary N) is 1. The first-order valence-corrected chi connectivity index (χ1v) is 11.7. The van der Waals surface area contributed by atoms with Crippen LogP contribution < -0.4 is 11.1 Å². The zero-order valence-corrected chi connectivity index (χ0v) is 19.6. The van der Waals surface area contributed by atoms with Gasteiger partial charge in [-0.25, -0.2) is 4.79 Å². The van der Waals surface area contributed by atoms with E-state index >= 15 is 0 Å². The van der Waals surface area contributed by atoms with Crippen LogP contribution in [0.5, 0.6) is 5.75 Å². The van der Waals surface area contributed by atoms with E-state index in [1.807, 2.05) is 0 Å². The molecule has 3 atom stereocenters. The molecule has 1 aromatic carbocycles. The molecule has 2 aliphatic rings. The molecule has 0 bridgehead atoms. The Morgan fingerprint density at radius 1 is 1.37 bits per heavy atom. The number of benzene rings is 1. The predicted octanol–water partition coefficient (Wildman–Crippen LogP) is 0.532. The van der Waals surface area contributed by atoms with Crippen molar-refractivity contribution in [3.8, 4) is 5.75 Å². The summed E-state index contributed by atoms with van der Waals surface area (Å²) in [5.41, 5.74) is 5.45. The maximum atomic E-state index is 13.2. The Kier molecular flexibility index (Phi) is 6.34. The smallest absolute Gasteiger partial charge is 0.352 e. The Labute approximate surface area is 204 Å². The number of aromatic nitrogens is 1. The normalized spacial score (nSPS) is 21.1. The van der Waals surface area contributed by atoms with Crippen LogP contribution in [0.3, 0.4) is 0 Å². The lowest BCUT2D eigenvalue weighted by Gasteiger charge is -2.49. The predicted molar refractivity (Wildman–Crippen MR) is 127 cm³/mol. The second-order valence-corrected chi connectivity index (χ2v) is 9.41. The first kappa shape index (κ1) is 24.4. The van der Waals surface area contributed by atoms with E-state index in [1.54, 1.807) is 28.8 Å². The molecule has 35 heavy (non-hydrogen) atoms. The first-order chi connectivity index (χ1) is 16.6. The average molecular weight is 501 g/mol. The van der Waals surface area contributed by atoms with Crippen LogP contribution >= 0.6 is 11.8 Å². The van der Waals surface area contributed by atoms with E-state index in [0.717, 1.165) is 4.90 Å². The molecule has 4 rings (SSSR count). The van der Waals surface area contributed by atoms with Crippen LogP contribution in [0.2, 0.25) is 0 Å². The summed E-state index contributed by atoms with van der Waals surface area (Å²) in [4.78, 5) is 50.1. The quantitative estimate of drug-likeness (QED) is 0.230. The Balaban J connectivity index is 1.52. The Bertz CT molecular complexity index is 1290. The van der Waals surface area contributed by atoms with E-state index in [9.17, 15) is 29.4 Å². The molecule has 0 spiro atoms. The molecule has 0 radical (unpaired) electrons. The van der Waals surface area contributed by atoms with Gasteiger partial charge in [-0.15, -0.1) is 18.3 Å². The Hall–Kier alpha value is -3.77. The molecule has 5 N–H and O–H groups in total. The molecule has 0 aliphatic carbocycles. The van der Waals surface area contributed by atoms with Crippen molar-refractivity contribution in [2.75, 3.05) is 12.4 Å². The van der Waals surface area contributed by atoms with Gasteiger partial charge in [-0.2, -0.15) is 0 Å². The molecule has 2 aromatic rings. The van der Waals surface area contributed by atoms with Crippen LogP contribution in [-0.4, -0.2) is 72.7 Å². The number of amides is 2. The van der Waals surface area contributed by atoms with E-state index in [4.69, 9.17) is 10.5 Å². The topological polar surface area (TPSA) is 164 Å². The number of para-hydroxylation sites is 1. The van der Waals surface area contributed by atoms with E-state index < -0.39 is 40.7 Å². The summed E-state index contributed by atoms with van der Waals surface area (Å²) in [6.45, 7) is 4.59. The molecule has 3 unspecified atom stereocenters. The van der Waals surface area contributed by atoms with Gasteiger partial charge in [-0.3, -0.25) is 19.3 Å². The fourth-order valence-corrected chi connectivity index (χ4v) is 5.46. The highest BCUT2D eigenvalue weighted by molar-refractivity contribution is 8.00. The zero-order valence-electron chi connectivity index (χ0n) is 18.8. The van der Waals surface area contributed by atoms with Crippen molar-refractivity contribution in [2.24, 2.45) is 5.73 Å². The van der Waals surface area contributed by atoms with E-state index in [0.29, 0.717) is 16.5 Å². The van der Waals surface area contributed by atoms with Crippen LogP contribution in [0.15, 0.2) is 54.4 Å². The number of fused-ring (bicyclic) bond motifs is 2. The van der Waals surface area contributed by atoms with Gasteiger partial charge in [-0.05, 0) is 12.1 Å². The lowest BCUT2D eigenvalue weighted by molar-refractivity contribution is -0.151. The van der Waals surface area contributed by atoms with Gasteiger partial charge in [-0.1, -0.05) is 18.2 Å². The fourth-order valence-electron chi connectivity index (χ4n) is 4.13. The molecule has 2 amide bonds. The standard InChI is InChI=1S/C23H24N4O7S/c1-3-23(24,11-26-8-16(29)14-6-4-5-7-15(14)26)22(33)25-17-19(30)27-18(21(31)32)13(9-34-12(2)28)10-35-20(17)27/h3-8,17,20,29H,1,9-11,24H2,2H3,(H,25,33)(H,31,32). The van der Waals surface area contributed by atoms with Gasteiger partial charge in [0.2, 0.25) is 5.91 Å². The van der Waals surface area contributed by atoms with Crippen molar-refractivity contribution in [1.82, 2.24) is 14.8 Å². The third kappa shape index (κ3) is 4.26. The maximum absolute atomic E-state index is 13.2. The van der Waals surface area contributed by atoms with E-state index in [1.165, 1.54) is 31.0 Å². The number of thioether (sulfide) groups is 1. The van der Waals surface area contributed by atoms with Crippen LogP contribution in [0.4, 0.5) is 0 Å². The number of β-lactam (4-membered cyclic amide) rings is 1. The Morgan fingerprint density at radius 2 is 2.09 bits per heavy atom. The summed E-state index contributed by atoms with van der Waals surface area (Å²) >= 11 is 1.25. The summed E-state index contributed by atoms with van der Waals surface area (Å²) in [5.74, 6) is -2.93. The van der Waals surface area contributed by atoms with Crippen molar-refractivity contribution in [3.05, 3.63) is 54.4 Å². The number of carboxylic acids is 1. The molecule has 12 heteroatoms. The van der Waals surface area contributed by atoms with Crippen molar-refractivity contribution >= 4 is 46.4 Å². The number of nitrogens with two attached hydrogens (primary N) is 1. The van der Waals surface area contributed by atoms with Gasteiger partial charge in [0.1, 0.15) is 35.0 Å². The SMILES string of the molecule is C=CC(N)(Cn1cc(O)c2ccccc21)C(=O)NC1C(=O)N2C(C(=O)O)=C(COC(C)=O)CSC12. The van der Waals surface area contributed by atoms with Gasteiger partial charge in [0, 0.05) is 29.8 Å². The number of hydrogen-bond acceptors (Lipinski definition) is 8. The molecule has 3 heterocycles. The average Bonchev–Trinajstić information content (AvgIpc) is 3.14. The van der Waals surface area contributed by atoms with Gasteiger partial charge < -0.3 is 30.6 Å². The number of hydrogen-bond donors (Lipinski definition) is 4. The largest absolute Gasteiger partial charge is 0.506 e. The third-order valence-electron chi connectivity index (χ3n) is 5.97. The monoisotopic (exact) mass is 500 g/mol. The molecular weight excluding hydrogens is 476 g/mol. The Morgan fingerprint density at radius 3 is 2.74 bits per heavy atom. The molecule has 1 saturated heterocycles. The van der Waals surface area contributed by atoms with Crippen molar-refractivity contribution in [1.29, 1.82) is 0 Å². The van der Waals surface area contributed by atoms with Crippen molar-refractivity contribution in [3.63, 3.8) is 0 Å². The summed E-state index contributed by atoms with van der Waals surface area (Å²) in [7, 11) is 0. The maximum Gasteiger partial charge on any atom is 0.352 e. The second kappa shape index (κ2) is 9.12. The number of aliphatic carboxylic acids is 1. The molecule has 184 valence electrons. The number of carbonyl (C=O) groups is 4. The highest BCUT2D eigenvalue weighted by Crippen LogP contribution is 2.40. The number of ether oxygens (including phenoxy) is 1. The first-order valence-electron chi connectivity index (χ1n) is 10.6. The van der Waals surface area contributed by atoms with E-state index in [-0.39, 0.29) is 30.4 Å². The number of carbonyl (C=O) groups excluding carboxylic acids is 3. The highest BCUT2D eigenvalue weighted by Gasteiger charge is 2.55. The van der Waals surface area contributed by atoms with Crippen molar-refractivity contribution < 1.29 is 34.1 Å². The molecular formula is C23H24N4O7S. The minimum absolute atomic E-state index is 0.0355. The van der Waals surface area contributed by atoms with Crippen molar-refractivity contribution in [2.45, 2.75) is 30.4 Å². The molecule has 0 saturated carbocycles. The summed E-state index contributed by atoms with van der Waals surface area (Å²) < 4.78 is 6.54. The molecule has 1 aromatic heterocycles. The fraction of sp³-hybridized carbons (Fsp3) is 0.304. The number of carboxylic acid groups (broad SMARTS) is 1. The van der Waals surface area contributed by atoms with E-state index in [2.05, 4.69) is 11.9 Å². The summed E-state index contributed by atoms with van der Waals surface area (Å²) in [6.07, 6.45) is 2.73. The second-order valence-electron chi connectivity index (χ2n) is 8.30. The van der Waals surface area contributed by atoms with Gasteiger partial charge in [0.25, 0.3) is 5.91 Å². The van der Waals surface area contributed by atoms with Crippen LogP contribution in [0, 0.1) is 0 Å². The summed E-state index contributed by atoms with van der Waals surface area (Å²) in [5, 5.41) is 22.4. The molecule has 11 nitrogen and oxygen atoms in total.